The number of rotatable bonds is 7. The highest BCUT2D eigenvalue weighted by Crippen LogP contribution is 2.49. The lowest BCUT2D eigenvalue weighted by atomic mass is 9.95. The first-order chi connectivity index (χ1) is 12.4. The highest BCUT2D eigenvalue weighted by molar-refractivity contribution is 5.97. The van der Waals surface area contributed by atoms with Crippen molar-refractivity contribution in [3.05, 3.63) is 65.5 Å². The molecule has 2 aromatic rings. The topological polar surface area (TPSA) is 66.4 Å². The van der Waals surface area contributed by atoms with Crippen LogP contribution in [0.25, 0.3) is 0 Å². The number of hydrogen-bond acceptors (Lipinski definition) is 2. The number of carbonyl (C=O) groups is 2. The van der Waals surface area contributed by atoms with Gasteiger partial charge in [-0.3, -0.25) is 9.59 Å². The van der Waals surface area contributed by atoms with Crippen molar-refractivity contribution in [2.24, 2.45) is 11.3 Å². The van der Waals surface area contributed by atoms with Crippen LogP contribution >= 0.6 is 0 Å². The number of amides is 1. The highest BCUT2D eigenvalue weighted by atomic mass is 19.1. The number of nitrogens with one attached hydrogen (secondary N) is 1. The molecule has 0 aromatic heterocycles. The van der Waals surface area contributed by atoms with Crippen LogP contribution in [0.4, 0.5) is 10.1 Å². The summed E-state index contributed by atoms with van der Waals surface area (Å²) >= 11 is 0. The van der Waals surface area contributed by atoms with E-state index in [1.54, 1.807) is 37.3 Å². The van der Waals surface area contributed by atoms with Gasteiger partial charge in [-0.05, 0) is 55.0 Å². The molecule has 2 N–H and O–H groups in total. The molecule has 0 heterocycles. The largest absolute Gasteiger partial charge is 0.481 e. The number of aliphatic carboxylic acids is 1. The average molecular weight is 355 g/mol. The first kappa shape index (κ1) is 18.1. The summed E-state index contributed by atoms with van der Waals surface area (Å²) in [6, 6.07) is 13.8. The van der Waals surface area contributed by atoms with E-state index in [0.717, 1.165) is 18.4 Å². The summed E-state index contributed by atoms with van der Waals surface area (Å²) in [5.41, 5.74) is 1.61. The van der Waals surface area contributed by atoms with Crippen LogP contribution in [-0.2, 0) is 22.4 Å². The van der Waals surface area contributed by atoms with E-state index in [1.165, 1.54) is 6.07 Å². The standard InChI is InChI=1S/C21H22FNO3/c1-14(19(24)25)12-15-6-8-17(9-7-15)23-20(26)21(10-11-21)13-16-4-2-3-5-18(16)22/h2-9,14H,10-13H2,1H3,(H,23,26)(H,24,25). The molecule has 3 rings (SSSR count). The lowest BCUT2D eigenvalue weighted by Crippen LogP contribution is -2.26. The third kappa shape index (κ3) is 4.10. The van der Waals surface area contributed by atoms with Crippen LogP contribution in [0.2, 0.25) is 0 Å². The molecule has 26 heavy (non-hydrogen) atoms. The molecule has 5 heteroatoms. The van der Waals surface area contributed by atoms with Crippen molar-refractivity contribution >= 4 is 17.6 Å². The van der Waals surface area contributed by atoms with Gasteiger partial charge in [0.15, 0.2) is 0 Å². The molecule has 0 aliphatic heterocycles. The summed E-state index contributed by atoms with van der Waals surface area (Å²) in [5.74, 6) is -1.65. The van der Waals surface area contributed by atoms with Gasteiger partial charge in [0.05, 0.1) is 11.3 Å². The normalized spacial score (nSPS) is 15.9. The molecule has 1 saturated carbocycles. The molecule has 136 valence electrons. The van der Waals surface area contributed by atoms with E-state index >= 15 is 0 Å². The van der Waals surface area contributed by atoms with Gasteiger partial charge in [0.25, 0.3) is 0 Å². The summed E-state index contributed by atoms with van der Waals surface area (Å²) in [5, 5.41) is 11.9. The van der Waals surface area contributed by atoms with Crippen LogP contribution in [0.3, 0.4) is 0 Å². The van der Waals surface area contributed by atoms with E-state index in [1.807, 2.05) is 12.1 Å². The second-order valence-corrected chi connectivity index (χ2v) is 7.14. The lowest BCUT2D eigenvalue weighted by molar-refractivity contribution is -0.141. The number of anilines is 1. The maximum atomic E-state index is 13.9. The van der Waals surface area contributed by atoms with E-state index in [0.29, 0.717) is 24.1 Å². The molecule has 1 fully saturated rings. The van der Waals surface area contributed by atoms with Gasteiger partial charge >= 0.3 is 5.97 Å². The number of carbonyl (C=O) groups excluding carboxylic acids is 1. The van der Waals surface area contributed by atoms with Crippen LogP contribution in [0.1, 0.15) is 30.9 Å². The molecular weight excluding hydrogens is 333 g/mol. The predicted molar refractivity (Wildman–Crippen MR) is 97.3 cm³/mol. The van der Waals surface area contributed by atoms with E-state index in [-0.39, 0.29) is 11.7 Å². The zero-order valence-corrected chi connectivity index (χ0v) is 14.7. The minimum absolute atomic E-state index is 0.0904. The third-order valence-electron chi connectivity index (χ3n) is 5.00. The molecule has 0 radical (unpaired) electrons. The summed E-state index contributed by atoms with van der Waals surface area (Å²) in [6.45, 7) is 1.66. The fourth-order valence-electron chi connectivity index (χ4n) is 3.07. The number of carboxylic acids is 1. The minimum atomic E-state index is -0.828. The Labute approximate surface area is 152 Å². The second-order valence-electron chi connectivity index (χ2n) is 7.14. The number of carboxylic acid groups (broad SMARTS) is 1. The van der Waals surface area contributed by atoms with E-state index < -0.39 is 17.3 Å². The van der Waals surface area contributed by atoms with Gasteiger partial charge in [-0.2, -0.15) is 0 Å². The SMILES string of the molecule is CC(Cc1ccc(NC(=O)C2(Cc3ccccc3F)CC2)cc1)C(=O)O. The molecule has 1 aliphatic rings. The van der Waals surface area contributed by atoms with Crippen molar-refractivity contribution in [1.82, 2.24) is 0 Å². The van der Waals surface area contributed by atoms with Crippen LogP contribution in [0.5, 0.6) is 0 Å². The first-order valence-electron chi connectivity index (χ1n) is 8.76. The quantitative estimate of drug-likeness (QED) is 0.787. The first-order valence-corrected chi connectivity index (χ1v) is 8.76. The van der Waals surface area contributed by atoms with Crippen molar-refractivity contribution in [3.63, 3.8) is 0 Å². The fourth-order valence-corrected chi connectivity index (χ4v) is 3.07. The lowest BCUT2D eigenvalue weighted by Gasteiger charge is -2.16. The number of halogens is 1. The van der Waals surface area contributed by atoms with Crippen molar-refractivity contribution < 1.29 is 19.1 Å². The second kappa shape index (κ2) is 7.28. The molecule has 1 amide bonds. The molecule has 0 spiro atoms. The van der Waals surface area contributed by atoms with Crippen molar-refractivity contribution in [2.45, 2.75) is 32.6 Å². The van der Waals surface area contributed by atoms with Gasteiger partial charge in [-0.1, -0.05) is 37.3 Å². The molecule has 1 unspecified atom stereocenters. The van der Waals surface area contributed by atoms with Crippen LogP contribution in [0.15, 0.2) is 48.5 Å². The van der Waals surface area contributed by atoms with E-state index in [9.17, 15) is 14.0 Å². The molecule has 1 atom stereocenters. The smallest absolute Gasteiger partial charge is 0.306 e. The highest BCUT2D eigenvalue weighted by Gasteiger charge is 2.49. The molecule has 2 aromatic carbocycles. The Morgan fingerprint density at radius 1 is 1.15 bits per heavy atom. The van der Waals surface area contributed by atoms with Crippen molar-refractivity contribution in [1.29, 1.82) is 0 Å². The molecule has 4 nitrogen and oxygen atoms in total. The molecule has 1 aliphatic carbocycles. The Morgan fingerprint density at radius 2 is 1.81 bits per heavy atom. The number of benzene rings is 2. The van der Waals surface area contributed by atoms with Gasteiger partial charge in [0.1, 0.15) is 5.82 Å². The van der Waals surface area contributed by atoms with Crippen LogP contribution in [0, 0.1) is 17.2 Å². The van der Waals surface area contributed by atoms with E-state index in [2.05, 4.69) is 5.32 Å². The summed E-state index contributed by atoms with van der Waals surface area (Å²) in [7, 11) is 0. The number of hydrogen-bond donors (Lipinski definition) is 2. The van der Waals surface area contributed by atoms with Crippen LogP contribution < -0.4 is 5.32 Å². The third-order valence-corrected chi connectivity index (χ3v) is 5.00. The van der Waals surface area contributed by atoms with Gasteiger partial charge in [-0.15, -0.1) is 0 Å². The average Bonchev–Trinajstić information content (AvgIpc) is 3.39. The van der Waals surface area contributed by atoms with Crippen LogP contribution in [-0.4, -0.2) is 17.0 Å². The maximum Gasteiger partial charge on any atom is 0.306 e. The van der Waals surface area contributed by atoms with E-state index in [4.69, 9.17) is 5.11 Å². The Morgan fingerprint density at radius 3 is 2.38 bits per heavy atom. The zero-order chi connectivity index (χ0) is 18.7. The van der Waals surface area contributed by atoms with Gasteiger partial charge in [0.2, 0.25) is 5.91 Å². The summed E-state index contributed by atoms with van der Waals surface area (Å²) in [6.07, 6.45) is 2.35. The van der Waals surface area contributed by atoms with Gasteiger partial charge in [0, 0.05) is 5.69 Å². The Bertz CT molecular complexity index is 812. The Balaban J connectivity index is 1.63. The van der Waals surface area contributed by atoms with Crippen molar-refractivity contribution in [3.8, 4) is 0 Å². The minimum Gasteiger partial charge on any atom is -0.481 e. The van der Waals surface area contributed by atoms with Crippen molar-refractivity contribution in [2.75, 3.05) is 5.32 Å². The zero-order valence-electron chi connectivity index (χ0n) is 14.7. The monoisotopic (exact) mass is 355 g/mol. The summed E-state index contributed by atoms with van der Waals surface area (Å²) < 4.78 is 13.9. The van der Waals surface area contributed by atoms with Gasteiger partial charge in [-0.25, -0.2) is 4.39 Å². The Kier molecular flexibility index (Phi) is 5.07. The predicted octanol–water partition coefficient (Wildman–Crippen LogP) is 4.05. The molecular formula is C21H22FNO3. The Hall–Kier alpha value is -2.69. The molecule has 0 bridgehead atoms. The fraction of sp³-hybridized carbons (Fsp3) is 0.333. The molecule has 0 saturated heterocycles. The van der Waals surface area contributed by atoms with Gasteiger partial charge < -0.3 is 10.4 Å². The summed E-state index contributed by atoms with van der Waals surface area (Å²) in [4.78, 5) is 23.6. The maximum absolute atomic E-state index is 13.9.